The number of carbonyl (C=O) groups excluding carboxylic acids is 1. The summed E-state index contributed by atoms with van der Waals surface area (Å²) in [5.74, 6) is -0.545. The topological polar surface area (TPSA) is 58.6 Å². The third-order valence-corrected chi connectivity index (χ3v) is 7.21. The molecule has 0 saturated carbocycles. The fraction of sp³-hybridized carbons (Fsp3) is 0.192. The zero-order chi connectivity index (χ0) is 23.4. The molecule has 0 amide bonds. The van der Waals surface area contributed by atoms with E-state index >= 15 is 0 Å². The second kappa shape index (κ2) is 10.7. The molecule has 1 aliphatic heterocycles. The normalized spacial score (nSPS) is 20.5. The van der Waals surface area contributed by atoms with Crippen LogP contribution in [0, 0.1) is 0 Å². The van der Waals surface area contributed by atoms with Crippen molar-refractivity contribution in [3.8, 4) is 0 Å². The van der Waals surface area contributed by atoms with Crippen LogP contribution in [0.1, 0.15) is 30.1 Å². The van der Waals surface area contributed by atoms with Gasteiger partial charge < -0.3 is 9.84 Å². The van der Waals surface area contributed by atoms with Gasteiger partial charge in [-0.25, -0.2) is 4.79 Å². The van der Waals surface area contributed by atoms with E-state index in [4.69, 9.17) is 27.9 Å². The molecule has 33 heavy (non-hydrogen) atoms. The lowest BCUT2D eigenvalue weighted by Gasteiger charge is -2.38. The SMILES string of the molecule is CCOC(=O)C1=C(O)[C@H](Sc2ccccc2)[C@@H](c2ccc(Cl)cc2)N[C@H]1c1ccc(Cl)cc1. The van der Waals surface area contributed by atoms with Gasteiger partial charge in [-0.15, -0.1) is 11.8 Å². The van der Waals surface area contributed by atoms with E-state index in [1.807, 2.05) is 66.7 Å². The molecular weight excluding hydrogens is 477 g/mol. The third-order valence-electron chi connectivity index (χ3n) is 5.42. The van der Waals surface area contributed by atoms with Crippen molar-refractivity contribution >= 4 is 40.9 Å². The van der Waals surface area contributed by atoms with Crippen LogP contribution in [0.2, 0.25) is 10.0 Å². The molecule has 3 aromatic carbocycles. The van der Waals surface area contributed by atoms with Gasteiger partial charge >= 0.3 is 5.97 Å². The van der Waals surface area contributed by atoms with E-state index in [1.54, 1.807) is 19.1 Å². The molecule has 170 valence electrons. The maximum Gasteiger partial charge on any atom is 0.339 e. The summed E-state index contributed by atoms with van der Waals surface area (Å²) < 4.78 is 5.33. The first-order valence-corrected chi connectivity index (χ1v) is 12.2. The van der Waals surface area contributed by atoms with E-state index in [0.717, 1.165) is 16.0 Å². The van der Waals surface area contributed by atoms with Crippen molar-refractivity contribution in [3.63, 3.8) is 0 Å². The molecule has 7 heteroatoms. The lowest BCUT2D eigenvalue weighted by Crippen LogP contribution is -2.43. The summed E-state index contributed by atoms with van der Waals surface area (Å²) in [6.45, 7) is 1.95. The van der Waals surface area contributed by atoms with Gasteiger partial charge in [0.25, 0.3) is 0 Å². The molecule has 1 heterocycles. The summed E-state index contributed by atoms with van der Waals surface area (Å²) in [4.78, 5) is 14.0. The van der Waals surface area contributed by atoms with Gasteiger partial charge in [0.2, 0.25) is 0 Å². The summed E-state index contributed by atoms with van der Waals surface area (Å²) in [5.41, 5.74) is 1.95. The van der Waals surface area contributed by atoms with Crippen molar-refractivity contribution in [2.24, 2.45) is 0 Å². The van der Waals surface area contributed by atoms with Crippen molar-refractivity contribution in [1.29, 1.82) is 0 Å². The number of benzene rings is 3. The molecule has 0 fully saturated rings. The number of thioether (sulfide) groups is 1. The Morgan fingerprint density at radius 2 is 1.52 bits per heavy atom. The molecule has 3 aromatic rings. The third kappa shape index (κ3) is 5.39. The Balaban J connectivity index is 1.85. The summed E-state index contributed by atoms with van der Waals surface area (Å²) >= 11 is 13.7. The van der Waals surface area contributed by atoms with Gasteiger partial charge in [0.1, 0.15) is 5.76 Å². The quantitative estimate of drug-likeness (QED) is 0.360. The minimum Gasteiger partial charge on any atom is -0.510 e. The molecule has 0 saturated heterocycles. The van der Waals surface area contributed by atoms with Gasteiger partial charge in [-0.2, -0.15) is 0 Å². The zero-order valence-electron chi connectivity index (χ0n) is 17.9. The molecule has 3 atom stereocenters. The Bertz CT molecular complexity index is 1130. The van der Waals surface area contributed by atoms with Crippen LogP contribution in [0.5, 0.6) is 0 Å². The molecule has 4 rings (SSSR count). The highest BCUT2D eigenvalue weighted by Crippen LogP contribution is 2.44. The van der Waals surface area contributed by atoms with Crippen LogP contribution in [0.25, 0.3) is 0 Å². The number of aliphatic hydroxyl groups excluding tert-OH is 1. The molecule has 1 aliphatic rings. The highest BCUT2D eigenvalue weighted by atomic mass is 35.5. The van der Waals surface area contributed by atoms with E-state index in [1.165, 1.54) is 11.8 Å². The average Bonchev–Trinajstić information content (AvgIpc) is 2.82. The molecule has 4 nitrogen and oxygen atoms in total. The number of ether oxygens (including phenoxy) is 1. The Hall–Kier alpha value is -2.44. The standard InChI is InChI=1S/C26H23Cl2NO3S/c1-2-32-26(31)21-22(16-8-12-18(27)13-9-16)29-23(17-10-14-19(28)15-11-17)25(24(21)30)33-20-6-4-3-5-7-20/h3-15,22-23,25,29-30H,2H2,1H3/t22-,23+,25+/m0/s1. The maximum absolute atomic E-state index is 13.0. The first kappa shape index (κ1) is 23.7. The predicted molar refractivity (Wildman–Crippen MR) is 134 cm³/mol. The van der Waals surface area contributed by atoms with Crippen LogP contribution in [0.3, 0.4) is 0 Å². The van der Waals surface area contributed by atoms with Crippen LogP contribution in [-0.4, -0.2) is 22.9 Å². The Morgan fingerprint density at radius 3 is 2.09 bits per heavy atom. The first-order valence-electron chi connectivity index (χ1n) is 10.6. The Labute approximate surface area is 207 Å². The highest BCUT2D eigenvalue weighted by Gasteiger charge is 2.42. The summed E-state index contributed by atoms with van der Waals surface area (Å²) in [6, 6.07) is 23.6. The van der Waals surface area contributed by atoms with Crippen LogP contribution in [0.15, 0.2) is 95.1 Å². The van der Waals surface area contributed by atoms with Gasteiger partial charge in [0, 0.05) is 14.9 Å². The van der Waals surface area contributed by atoms with E-state index in [-0.39, 0.29) is 24.0 Å². The van der Waals surface area contributed by atoms with Crippen molar-refractivity contribution in [3.05, 3.63) is 111 Å². The number of halogens is 2. The number of esters is 1. The summed E-state index contributed by atoms with van der Waals surface area (Å²) in [5, 5.41) is 15.9. The minimum atomic E-state index is -0.574. The molecular formula is C26H23Cl2NO3S. The van der Waals surface area contributed by atoms with Crippen LogP contribution in [0.4, 0.5) is 0 Å². The highest BCUT2D eigenvalue weighted by molar-refractivity contribution is 8.00. The van der Waals surface area contributed by atoms with Crippen molar-refractivity contribution in [1.82, 2.24) is 5.32 Å². The average molecular weight is 500 g/mol. The number of aliphatic hydroxyl groups is 1. The number of hydrogen-bond donors (Lipinski definition) is 2. The molecule has 0 aliphatic carbocycles. The van der Waals surface area contributed by atoms with Crippen molar-refractivity contribution in [2.45, 2.75) is 29.2 Å². The maximum atomic E-state index is 13.0. The molecule has 0 unspecified atom stereocenters. The Kier molecular flexibility index (Phi) is 7.66. The molecule has 2 N–H and O–H groups in total. The predicted octanol–water partition coefficient (Wildman–Crippen LogP) is 6.92. The molecule has 0 bridgehead atoms. The van der Waals surface area contributed by atoms with Crippen molar-refractivity contribution < 1.29 is 14.6 Å². The molecule has 0 radical (unpaired) electrons. The second-order valence-corrected chi connectivity index (χ2v) is 9.64. The second-order valence-electron chi connectivity index (χ2n) is 7.55. The van der Waals surface area contributed by atoms with Crippen molar-refractivity contribution in [2.75, 3.05) is 6.61 Å². The van der Waals surface area contributed by atoms with Crippen LogP contribution in [-0.2, 0) is 9.53 Å². The first-order chi connectivity index (χ1) is 16.0. The van der Waals surface area contributed by atoms with Crippen LogP contribution < -0.4 is 5.32 Å². The van der Waals surface area contributed by atoms with Gasteiger partial charge in [-0.3, -0.25) is 5.32 Å². The lowest BCUT2D eigenvalue weighted by molar-refractivity contribution is -0.139. The number of hydrogen-bond acceptors (Lipinski definition) is 5. The number of rotatable bonds is 6. The van der Waals surface area contributed by atoms with E-state index in [9.17, 15) is 9.90 Å². The Morgan fingerprint density at radius 1 is 0.939 bits per heavy atom. The largest absolute Gasteiger partial charge is 0.510 e. The number of nitrogens with one attached hydrogen (secondary N) is 1. The van der Waals surface area contributed by atoms with Gasteiger partial charge in [0.05, 0.1) is 29.5 Å². The van der Waals surface area contributed by atoms with Gasteiger partial charge in [-0.1, -0.05) is 65.7 Å². The fourth-order valence-electron chi connectivity index (χ4n) is 3.87. The lowest BCUT2D eigenvalue weighted by atomic mass is 9.88. The fourth-order valence-corrected chi connectivity index (χ4v) is 5.34. The summed E-state index contributed by atoms with van der Waals surface area (Å²) in [7, 11) is 0. The molecule has 0 aromatic heterocycles. The van der Waals surface area contributed by atoms with Gasteiger partial charge in [-0.05, 0) is 54.4 Å². The van der Waals surface area contributed by atoms with E-state index < -0.39 is 17.3 Å². The summed E-state index contributed by atoms with van der Waals surface area (Å²) in [6.07, 6.45) is 0. The molecule has 0 spiro atoms. The van der Waals surface area contributed by atoms with E-state index in [2.05, 4.69) is 5.32 Å². The minimum absolute atomic E-state index is 0.000882. The number of carbonyl (C=O) groups is 1. The smallest absolute Gasteiger partial charge is 0.339 e. The zero-order valence-corrected chi connectivity index (χ0v) is 20.2. The monoisotopic (exact) mass is 499 g/mol. The van der Waals surface area contributed by atoms with Gasteiger partial charge in [0.15, 0.2) is 0 Å². The van der Waals surface area contributed by atoms with Crippen LogP contribution >= 0.6 is 35.0 Å². The van der Waals surface area contributed by atoms with E-state index in [0.29, 0.717) is 10.0 Å².